The molecular weight excluding hydrogens is 174 g/mol. The Morgan fingerprint density at radius 3 is 1.67 bits per heavy atom. The van der Waals surface area contributed by atoms with E-state index in [4.69, 9.17) is 9.90 Å². The molecule has 0 aromatic rings. The molecule has 2 nitrogen and oxygen atoms in total. The Kier molecular flexibility index (Phi) is 24.3. The Balaban J connectivity index is -0.0000000450. The van der Waals surface area contributed by atoms with Crippen LogP contribution >= 0.6 is 0 Å². The van der Waals surface area contributed by atoms with Crippen molar-refractivity contribution in [2.24, 2.45) is 0 Å². The van der Waals surface area contributed by atoms with E-state index in [1.165, 1.54) is 0 Å². The van der Waals surface area contributed by atoms with E-state index >= 15 is 0 Å². The first kappa shape index (κ1) is 16.1. The molecule has 0 rings (SSSR count). The fourth-order valence-electron chi connectivity index (χ4n) is 0. The van der Waals surface area contributed by atoms with Gasteiger partial charge in [-0.3, -0.25) is 0 Å². The van der Waals surface area contributed by atoms with Crippen molar-refractivity contribution in [2.75, 3.05) is 0 Å². The van der Waals surface area contributed by atoms with E-state index in [1.807, 2.05) is 0 Å². The van der Waals surface area contributed by atoms with Crippen molar-refractivity contribution in [3.8, 4) is 0 Å². The number of rotatable bonds is 0. The molecule has 0 aliphatic rings. The van der Waals surface area contributed by atoms with Crippen LogP contribution in [-0.4, -0.2) is 5.97 Å². The van der Waals surface area contributed by atoms with Crippen LogP contribution in [-0.2, 0) is 38.1 Å². The molecule has 6 heavy (non-hydrogen) atoms. The third-order valence-corrected chi connectivity index (χ3v) is 0. The number of hydrogen-bond donors (Lipinski definition) is 0. The Bertz CT molecular complexity index is 34.5. The van der Waals surface area contributed by atoms with Crippen LogP contribution in [0.25, 0.3) is 0 Å². The maximum Gasteiger partial charge on any atom is 2.00 e. The molecule has 0 aromatic carbocycles. The summed E-state index contributed by atoms with van der Waals surface area (Å²) in [6.07, 6.45) is 0. The smallest absolute Gasteiger partial charge is 0.550 e. The van der Waals surface area contributed by atoms with Crippen molar-refractivity contribution in [1.29, 1.82) is 0 Å². The summed E-state index contributed by atoms with van der Waals surface area (Å²) in [5, 5.41) is 8.89. The number of aliphatic carboxylic acids is 1. The minimum absolute atomic E-state index is 0. The van der Waals surface area contributed by atoms with Crippen molar-refractivity contribution in [3.63, 3.8) is 0 Å². The Morgan fingerprint density at radius 1 is 1.67 bits per heavy atom. The van der Waals surface area contributed by atoms with E-state index in [-0.39, 0.29) is 33.3 Å². The maximum atomic E-state index is 8.89. The average Bonchev–Trinajstić information content (AvgIpc) is 0.811. The van der Waals surface area contributed by atoms with Crippen molar-refractivity contribution >= 4 is 5.97 Å². The zero-order valence-electron chi connectivity index (χ0n) is 2.97. The summed E-state index contributed by atoms with van der Waals surface area (Å²) in [6, 6.07) is 0. The van der Waals surface area contributed by atoms with Crippen LogP contribution in [0.2, 0.25) is 0 Å². The quantitative estimate of drug-likeness (QED) is 0.433. The zero-order chi connectivity index (χ0) is 3.58. The zero-order valence-corrected chi connectivity index (χ0v) is 4.99. The average molecular weight is 177 g/mol. The van der Waals surface area contributed by atoms with Gasteiger partial charge >= 0.3 is 33.3 Å². The Hall–Kier alpha value is 0.470. The number of carbonyl (C=O) groups is 1. The van der Waals surface area contributed by atoms with E-state index in [0.29, 0.717) is 0 Å². The van der Waals surface area contributed by atoms with Crippen molar-refractivity contribution in [3.05, 3.63) is 0 Å². The third-order valence-electron chi connectivity index (χ3n) is 0. The van der Waals surface area contributed by atoms with Gasteiger partial charge in [-0.1, -0.05) is 0 Å². The fraction of sp³-hybridized carbons (Fsp3) is 0.500. The monoisotopic (exact) mass is 176 g/mol. The molecule has 0 spiro atoms. The second-order valence-corrected chi connectivity index (χ2v) is 0.492. The number of carboxylic acids is 1. The first-order valence-electron chi connectivity index (χ1n) is 0.908. The number of carbonyl (C=O) groups excluding carboxylic acids is 1. The third kappa shape index (κ3) is 244. The first-order valence-corrected chi connectivity index (χ1v) is 0.908. The number of hydrogen-bond acceptors (Lipinski definition) is 2. The molecule has 0 N–H and O–H groups in total. The number of carboxylic acid groups (broad SMARTS) is 1. The SMILES string of the molecule is CC(=O)[O-].[Co+2].[Ni+2]. The summed E-state index contributed by atoms with van der Waals surface area (Å²) in [6.45, 7) is 0.972. The van der Waals surface area contributed by atoms with E-state index in [0.717, 1.165) is 6.92 Å². The van der Waals surface area contributed by atoms with Crippen molar-refractivity contribution in [2.45, 2.75) is 6.92 Å². The fourth-order valence-corrected chi connectivity index (χ4v) is 0. The van der Waals surface area contributed by atoms with Gasteiger partial charge in [0.05, 0.1) is 0 Å². The van der Waals surface area contributed by atoms with Gasteiger partial charge in [0.25, 0.3) is 0 Å². The van der Waals surface area contributed by atoms with Crippen LogP contribution in [0, 0.1) is 0 Å². The summed E-state index contributed by atoms with van der Waals surface area (Å²) in [5.74, 6) is -1.08. The van der Waals surface area contributed by atoms with Crippen LogP contribution < -0.4 is 5.11 Å². The van der Waals surface area contributed by atoms with E-state index in [2.05, 4.69) is 0 Å². The van der Waals surface area contributed by atoms with Crippen molar-refractivity contribution < 1.29 is 43.2 Å². The molecule has 0 heterocycles. The van der Waals surface area contributed by atoms with Gasteiger partial charge in [-0.2, -0.15) is 0 Å². The van der Waals surface area contributed by atoms with Gasteiger partial charge in [0.2, 0.25) is 0 Å². The van der Waals surface area contributed by atoms with Gasteiger partial charge < -0.3 is 9.90 Å². The standard InChI is InChI=1S/C2H4O2.Co.Ni/c1-2(3)4;;/h1H3,(H,3,4);;/q;2*+2/p-1. The molecule has 0 amide bonds. The molecular formula is C2H3CoNiO2+3. The topological polar surface area (TPSA) is 40.1 Å². The van der Waals surface area contributed by atoms with Crippen LogP contribution in [0.3, 0.4) is 0 Å². The minimum Gasteiger partial charge on any atom is -0.550 e. The molecule has 4 heteroatoms. The van der Waals surface area contributed by atoms with Crippen LogP contribution in [0.1, 0.15) is 6.92 Å². The molecule has 0 unspecified atom stereocenters. The normalized spacial score (nSPS) is 4.17. The first-order chi connectivity index (χ1) is 1.73. The molecule has 0 aliphatic carbocycles. The molecule has 39 valence electrons. The van der Waals surface area contributed by atoms with Gasteiger partial charge in [-0.05, 0) is 6.92 Å². The molecule has 0 atom stereocenters. The predicted molar refractivity (Wildman–Crippen MR) is 10.7 cm³/mol. The van der Waals surface area contributed by atoms with Gasteiger partial charge in [-0.15, -0.1) is 0 Å². The largest absolute Gasteiger partial charge is 2.00 e. The van der Waals surface area contributed by atoms with Gasteiger partial charge in [0.15, 0.2) is 0 Å². The van der Waals surface area contributed by atoms with Crippen LogP contribution in [0.4, 0.5) is 0 Å². The molecule has 0 fully saturated rings. The predicted octanol–water partition coefficient (Wildman–Crippen LogP) is -1.25. The van der Waals surface area contributed by atoms with Gasteiger partial charge in [0, 0.05) is 5.97 Å². The van der Waals surface area contributed by atoms with E-state index in [9.17, 15) is 0 Å². The molecule has 0 saturated carbocycles. The Labute approximate surface area is 56.4 Å². The molecule has 0 aromatic heterocycles. The second kappa shape index (κ2) is 9.08. The summed E-state index contributed by atoms with van der Waals surface area (Å²) in [7, 11) is 0. The summed E-state index contributed by atoms with van der Waals surface area (Å²) < 4.78 is 0. The van der Waals surface area contributed by atoms with Gasteiger partial charge in [-0.25, -0.2) is 0 Å². The summed E-state index contributed by atoms with van der Waals surface area (Å²) in [5.41, 5.74) is 0. The minimum atomic E-state index is -1.08. The molecule has 0 aliphatic heterocycles. The van der Waals surface area contributed by atoms with Crippen molar-refractivity contribution in [1.82, 2.24) is 0 Å². The maximum absolute atomic E-state index is 8.89. The summed E-state index contributed by atoms with van der Waals surface area (Å²) >= 11 is 0. The molecule has 1 radical (unpaired) electrons. The molecule has 0 bridgehead atoms. The second-order valence-electron chi connectivity index (χ2n) is 0.492. The Morgan fingerprint density at radius 2 is 1.67 bits per heavy atom. The van der Waals surface area contributed by atoms with Crippen LogP contribution in [0.15, 0.2) is 0 Å². The molecule has 0 saturated heterocycles. The van der Waals surface area contributed by atoms with E-state index in [1.54, 1.807) is 0 Å². The van der Waals surface area contributed by atoms with Gasteiger partial charge in [0.1, 0.15) is 0 Å². The van der Waals surface area contributed by atoms with E-state index < -0.39 is 5.97 Å². The van der Waals surface area contributed by atoms with Crippen LogP contribution in [0.5, 0.6) is 0 Å². The summed E-state index contributed by atoms with van der Waals surface area (Å²) in [4.78, 5) is 8.89.